The highest BCUT2D eigenvalue weighted by Crippen LogP contribution is 2.12. The van der Waals surface area contributed by atoms with Gasteiger partial charge in [0.1, 0.15) is 0 Å². The standard InChI is InChI=1S/C15H21ClO/c1-3-5-7-8-9-11-12-14(16)15(17)13-10-6-4-2/h2,5-7,9-11,14-15,17H,3,8,12-13H2,1H3/b7-5-,10-6+,11-9-/t14-,15-/m1/s1. The smallest absolute Gasteiger partial charge is 0.0741 e. The molecule has 0 aromatic rings. The summed E-state index contributed by atoms with van der Waals surface area (Å²) in [7, 11) is 0. The van der Waals surface area contributed by atoms with E-state index in [1.54, 1.807) is 12.2 Å². The molecular formula is C15H21ClO. The van der Waals surface area contributed by atoms with Crippen molar-refractivity contribution in [1.29, 1.82) is 0 Å². The summed E-state index contributed by atoms with van der Waals surface area (Å²) in [6.07, 6.45) is 19.3. The van der Waals surface area contributed by atoms with E-state index in [1.165, 1.54) is 0 Å². The predicted octanol–water partition coefficient (Wildman–Crippen LogP) is 3.84. The quantitative estimate of drug-likeness (QED) is 0.395. The lowest BCUT2D eigenvalue weighted by atomic mass is 10.1. The Morgan fingerprint density at radius 2 is 1.88 bits per heavy atom. The van der Waals surface area contributed by atoms with Gasteiger partial charge in [0.05, 0.1) is 11.5 Å². The van der Waals surface area contributed by atoms with Crippen molar-refractivity contribution in [3.8, 4) is 12.3 Å². The van der Waals surface area contributed by atoms with Gasteiger partial charge in [-0.15, -0.1) is 18.0 Å². The van der Waals surface area contributed by atoms with Crippen LogP contribution in [0.1, 0.15) is 32.6 Å². The van der Waals surface area contributed by atoms with Crippen LogP contribution in [0.25, 0.3) is 0 Å². The number of terminal acetylenes is 1. The molecule has 0 amide bonds. The molecule has 0 fully saturated rings. The molecule has 0 saturated heterocycles. The summed E-state index contributed by atoms with van der Waals surface area (Å²) in [5.41, 5.74) is 0. The third-order valence-electron chi connectivity index (χ3n) is 2.21. The van der Waals surface area contributed by atoms with Crippen molar-refractivity contribution in [3.05, 3.63) is 36.5 Å². The van der Waals surface area contributed by atoms with Gasteiger partial charge in [-0.05, 0) is 31.8 Å². The predicted molar refractivity (Wildman–Crippen MR) is 76.0 cm³/mol. The molecular weight excluding hydrogens is 232 g/mol. The fourth-order valence-electron chi connectivity index (χ4n) is 1.24. The highest BCUT2D eigenvalue weighted by atomic mass is 35.5. The molecule has 0 unspecified atom stereocenters. The Labute approximate surface area is 110 Å². The fraction of sp³-hybridized carbons (Fsp3) is 0.467. The van der Waals surface area contributed by atoms with Gasteiger partial charge >= 0.3 is 0 Å². The Kier molecular flexibility index (Phi) is 10.9. The molecule has 94 valence electrons. The first-order chi connectivity index (χ1) is 8.22. The van der Waals surface area contributed by atoms with Crippen LogP contribution in [0.5, 0.6) is 0 Å². The van der Waals surface area contributed by atoms with Gasteiger partial charge in [0, 0.05) is 0 Å². The van der Waals surface area contributed by atoms with Gasteiger partial charge in [-0.2, -0.15) is 0 Å². The first-order valence-electron chi connectivity index (χ1n) is 5.95. The molecule has 0 aliphatic carbocycles. The van der Waals surface area contributed by atoms with Gasteiger partial charge in [-0.1, -0.05) is 43.2 Å². The molecule has 1 N–H and O–H groups in total. The normalized spacial score (nSPS) is 15.6. The van der Waals surface area contributed by atoms with Crippen LogP contribution in [0.4, 0.5) is 0 Å². The molecule has 2 heteroatoms. The van der Waals surface area contributed by atoms with Crippen LogP contribution >= 0.6 is 11.6 Å². The van der Waals surface area contributed by atoms with E-state index >= 15 is 0 Å². The first-order valence-corrected chi connectivity index (χ1v) is 6.39. The maximum Gasteiger partial charge on any atom is 0.0741 e. The van der Waals surface area contributed by atoms with Crippen molar-refractivity contribution in [3.63, 3.8) is 0 Å². The van der Waals surface area contributed by atoms with E-state index in [4.69, 9.17) is 18.0 Å². The Balaban J connectivity index is 3.77. The minimum Gasteiger partial charge on any atom is -0.391 e. The second-order valence-electron chi connectivity index (χ2n) is 3.71. The summed E-state index contributed by atoms with van der Waals surface area (Å²) in [5.74, 6) is 2.38. The van der Waals surface area contributed by atoms with Crippen molar-refractivity contribution in [1.82, 2.24) is 0 Å². The zero-order valence-electron chi connectivity index (χ0n) is 10.3. The van der Waals surface area contributed by atoms with Crippen molar-refractivity contribution in [2.24, 2.45) is 0 Å². The highest BCUT2D eigenvalue weighted by molar-refractivity contribution is 6.21. The molecule has 0 radical (unpaired) electrons. The number of hydrogen-bond donors (Lipinski definition) is 1. The monoisotopic (exact) mass is 252 g/mol. The second-order valence-corrected chi connectivity index (χ2v) is 4.27. The van der Waals surface area contributed by atoms with E-state index in [0.29, 0.717) is 12.8 Å². The zero-order valence-corrected chi connectivity index (χ0v) is 11.1. The van der Waals surface area contributed by atoms with Gasteiger partial charge in [0.25, 0.3) is 0 Å². The van der Waals surface area contributed by atoms with Crippen molar-refractivity contribution in [2.75, 3.05) is 0 Å². The zero-order chi connectivity index (χ0) is 12.9. The maximum absolute atomic E-state index is 9.69. The molecule has 17 heavy (non-hydrogen) atoms. The van der Waals surface area contributed by atoms with E-state index in [2.05, 4.69) is 31.1 Å². The molecule has 0 aromatic heterocycles. The summed E-state index contributed by atoms with van der Waals surface area (Å²) < 4.78 is 0. The summed E-state index contributed by atoms with van der Waals surface area (Å²) in [5, 5.41) is 9.43. The third-order valence-corrected chi connectivity index (χ3v) is 2.68. The number of hydrogen-bond acceptors (Lipinski definition) is 1. The summed E-state index contributed by atoms with van der Waals surface area (Å²) in [6, 6.07) is 0. The Morgan fingerprint density at radius 3 is 2.53 bits per heavy atom. The summed E-state index contributed by atoms with van der Waals surface area (Å²) in [6.45, 7) is 2.11. The number of aliphatic hydroxyl groups excluding tert-OH is 1. The maximum atomic E-state index is 9.69. The van der Waals surface area contributed by atoms with E-state index in [1.807, 2.05) is 6.08 Å². The molecule has 0 bridgehead atoms. The number of alkyl halides is 1. The van der Waals surface area contributed by atoms with Crippen molar-refractivity contribution < 1.29 is 5.11 Å². The average Bonchev–Trinajstić information content (AvgIpc) is 2.33. The highest BCUT2D eigenvalue weighted by Gasteiger charge is 2.12. The number of rotatable bonds is 8. The van der Waals surface area contributed by atoms with Crippen molar-refractivity contribution >= 4 is 11.6 Å². The molecule has 0 heterocycles. The van der Waals surface area contributed by atoms with E-state index in [9.17, 15) is 5.11 Å². The van der Waals surface area contributed by atoms with Crippen LogP contribution in [-0.2, 0) is 0 Å². The summed E-state index contributed by atoms with van der Waals surface area (Å²) >= 11 is 6.05. The fourth-order valence-corrected chi connectivity index (χ4v) is 1.45. The lowest BCUT2D eigenvalue weighted by Gasteiger charge is -2.12. The lowest BCUT2D eigenvalue weighted by Crippen LogP contribution is -2.19. The van der Waals surface area contributed by atoms with Crippen LogP contribution in [0.3, 0.4) is 0 Å². The van der Waals surface area contributed by atoms with E-state index in [0.717, 1.165) is 12.8 Å². The minimum absolute atomic E-state index is 0.260. The Hall–Kier alpha value is -0.970. The van der Waals surface area contributed by atoms with Crippen molar-refractivity contribution in [2.45, 2.75) is 44.1 Å². The molecule has 0 spiro atoms. The molecule has 0 aromatic carbocycles. The summed E-state index contributed by atoms with van der Waals surface area (Å²) in [4.78, 5) is 0. The molecule has 0 aliphatic rings. The molecule has 0 aliphatic heterocycles. The Morgan fingerprint density at radius 1 is 1.18 bits per heavy atom. The largest absolute Gasteiger partial charge is 0.391 e. The Bertz CT molecular complexity index is 297. The minimum atomic E-state index is -0.544. The second kappa shape index (κ2) is 11.5. The van der Waals surface area contributed by atoms with Gasteiger partial charge < -0.3 is 5.11 Å². The third kappa shape index (κ3) is 9.93. The van der Waals surface area contributed by atoms with Gasteiger partial charge in [0.2, 0.25) is 0 Å². The van der Waals surface area contributed by atoms with Crippen LogP contribution < -0.4 is 0 Å². The first kappa shape index (κ1) is 16.0. The van der Waals surface area contributed by atoms with Gasteiger partial charge in [-0.3, -0.25) is 0 Å². The van der Waals surface area contributed by atoms with E-state index in [-0.39, 0.29) is 5.38 Å². The van der Waals surface area contributed by atoms with Gasteiger partial charge in [-0.25, -0.2) is 0 Å². The van der Waals surface area contributed by atoms with Crippen LogP contribution in [-0.4, -0.2) is 16.6 Å². The topological polar surface area (TPSA) is 20.2 Å². The van der Waals surface area contributed by atoms with Crippen LogP contribution in [0.2, 0.25) is 0 Å². The lowest BCUT2D eigenvalue weighted by molar-refractivity contribution is 0.172. The number of aliphatic hydroxyl groups is 1. The molecule has 1 nitrogen and oxygen atoms in total. The molecule has 2 atom stereocenters. The van der Waals surface area contributed by atoms with Crippen LogP contribution in [0, 0.1) is 12.3 Å². The number of halogens is 1. The molecule has 0 saturated carbocycles. The average molecular weight is 253 g/mol. The SMILES string of the molecule is C#C/C=C/C[C@@H](O)[C@H](Cl)C/C=C\C/C=C\CC. The molecule has 0 rings (SSSR count). The van der Waals surface area contributed by atoms with Crippen LogP contribution in [0.15, 0.2) is 36.5 Å². The van der Waals surface area contributed by atoms with Gasteiger partial charge in [0.15, 0.2) is 0 Å². The number of allylic oxidation sites excluding steroid dienone is 5. The van der Waals surface area contributed by atoms with E-state index < -0.39 is 6.10 Å².